The first-order chi connectivity index (χ1) is 5.92. The van der Waals surface area contributed by atoms with E-state index in [2.05, 4.69) is 5.32 Å². The molecule has 1 amide bonds. The zero-order valence-electron chi connectivity index (χ0n) is 6.28. The summed E-state index contributed by atoms with van der Waals surface area (Å²) in [6.45, 7) is 0. The Morgan fingerprint density at radius 1 is 1.33 bits per heavy atom. The molecule has 0 saturated carbocycles. The van der Waals surface area contributed by atoms with Gasteiger partial charge in [0.2, 0.25) is 6.41 Å². The Bertz CT molecular complexity index is 408. The molecule has 12 heavy (non-hydrogen) atoms. The third kappa shape index (κ3) is 1.08. The molecule has 2 nitrogen and oxygen atoms in total. The smallest absolute Gasteiger partial charge is 0.211 e. The highest BCUT2D eigenvalue weighted by atomic mass is 32.1. The van der Waals surface area contributed by atoms with Crippen LogP contribution < -0.4 is 5.32 Å². The van der Waals surface area contributed by atoms with E-state index >= 15 is 0 Å². The molecule has 0 unspecified atom stereocenters. The maximum Gasteiger partial charge on any atom is 0.211 e. The van der Waals surface area contributed by atoms with Crippen molar-refractivity contribution in [2.75, 3.05) is 5.32 Å². The standard InChI is InChI=1S/C9H7NOS/c11-6-10-8-5-12-9-4-2-1-3-7(8)9/h1-6H,(H,10,11). The summed E-state index contributed by atoms with van der Waals surface area (Å²) in [4.78, 5) is 10.2. The molecule has 0 fully saturated rings. The zero-order valence-corrected chi connectivity index (χ0v) is 7.10. The molecule has 0 saturated heterocycles. The average molecular weight is 177 g/mol. The van der Waals surface area contributed by atoms with Crippen LogP contribution in [0.5, 0.6) is 0 Å². The number of nitrogens with one attached hydrogen (secondary N) is 1. The molecule has 1 aromatic heterocycles. The van der Waals surface area contributed by atoms with Gasteiger partial charge in [-0.2, -0.15) is 0 Å². The van der Waals surface area contributed by atoms with Gasteiger partial charge in [-0.3, -0.25) is 4.79 Å². The molecule has 1 aromatic carbocycles. The highest BCUT2D eigenvalue weighted by molar-refractivity contribution is 7.17. The summed E-state index contributed by atoms with van der Waals surface area (Å²) in [5.41, 5.74) is 0.894. The maximum atomic E-state index is 10.2. The summed E-state index contributed by atoms with van der Waals surface area (Å²) in [6, 6.07) is 7.99. The van der Waals surface area contributed by atoms with Crippen molar-refractivity contribution in [1.82, 2.24) is 0 Å². The lowest BCUT2D eigenvalue weighted by atomic mass is 10.2. The van der Waals surface area contributed by atoms with Crippen molar-refractivity contribution >= 4 is 33.5 Å². The van der Waals surface area contributed by atoms with Crippen LogP contribution in [-0.2, 0) is 4.79 Å². The van der Waals surface area contributed by atoms with E-state index in [-0.39, 0.29) is 0 Å². The number of carbonyl (C=O) groups excluding carboxylic acids is 1. The quantitative estimate of drug-likeness (QED) is 0.701. The second-order valence-electron chi connectivity index (χ2n) is 2.41. The first-order valence-electron chi connectivity index (χ1n) is 3.58. The summed E-state index contributed by atoms with van der Waals surface area (Å²) < 4.78 is 1.20. The van der Waals surface area contributed by atoms with Gasteiger partial charge in [-0.1, -0.05) is 18.2 Å². The number of hydrogen-bond donors (Lipinski definition) is 1. The molecular weight excluding hydrogens is 170 g/mol. The molecule has 3 heteroatoms. The van der Waals surface area contributed by atoms with Gasteiger partial charge in [-0.15, -0.1) is 11.3 Å². The van der Waals surface area contributed by atoms with Crippen molar-refractivity contribution in [3.05, 3.63) is 29.6 Å². The van der Waals surface area contributed by atoms with Gasteiger partial charge in [0, 0.05) is 15.5 Å². The van der Waals surface area contributed by atoms with Gasteiger partial charge in [0.25, 0.3) is 0 Å². The minimum absolute atomic E-state index is 0.703. The minimum Gasteiger partial charge on any atom is -0.327 e. The summed E-state index contributed by atoms with van der Waals surface area (Å²) in [6.07, 6.45) is 0.703. The van der Waals surface area contributed by atoms with Crippen LogP contribution in [-0.4, -0.2) is 6.41 Å². The molecule has 0 aliphatic rings. The van der Waals surface area contributed by atoms with Crippen LogP contribution in [0, 0.1) is 0 Å². The molecule has 1 heterocycles. The van der Waals surface area contributed by atoms with E-state index in [0.717, 1.165) is 11.1 Å². The first kappa shape index (κ1) is 7.31. The number of benzene rings is 1. The van der Waals surface area contributed by atoms with E-state index in [1.165, 1.54) is 4.70 Å². The lowest BCUT2D eigenvalue weighted by Crippen LogP contribution is -1.90. The molecular formula is C9H7NOS. The summed E-state index contributed by atoms with van der Waals surface area (Å²) >= 11 is 1.63. The maximum absolute atomic E-state index is 10.2. The minimum atomic E-state index is 0.703. The molecule has 2 aromatic rings. The van der Waals surface area contributed by atoms with Crippen molar-refractivity contribution in [2.24, 2.45) is 0 Å². The molecule has 0 bridgehead atoms. The topological polar surface area (TPSA) is 29.1 Å². The van der Waals surface area contributed by atoms with Gasteiger partial charge in [-0.05, 0) is 6.07 Å². The van der Waals surface area contributed by atoms with E-state index in [9.17, 15) is 4.79 Å². The molecule has 0 atom stereocenters. The molecule has 0 aliphatic heterocycles. The van der Waals surface area contributed by atoms with Crippen LogP contribution in [0.3, 0.4) is 0 Å². The predicted molar refractivity (Wildman–Crippen MR) is 51.5 cm³/mol. The third-order valence-corrected chi connectivity index (χ3v) is 2.66. The van der Waals surface area contributed by atoms with Gasteiger partial charge in [-0.25, -0.2) is 0 Å². The van der Waals surface area contributed by atoms with Gasteiger partial charge in [0.15, 0.2) is 0 Å². The van der Waals surface area contributed by atoms with Crippen molar-refractivity contribution in [2.45, 2.75) is 0 Å². The Labute approximate surface area is 73.8 Å². The normalized spacial score (nSPS) is 10.0. The van der Waals surface area contributed by atoms with Gasteiger partial charge >= 0.3 is 0 Å². The number of anilines is 1. The van der Waals surface area contributed by atoms with Crippen LogP contribution in [0.2, 0.25) is 0 Å². The predicted octanol–water partition coefficient (Wildman–Crippen LogP) is 2.47. The Hall–Kier alpha value is -1.35. The third-order valence-electron chi connectivity index (χ3n) is 1.70. The zero-order chi connectivity index (χ0) is 8.39. The fraction of sp³-hybridized carbons (Fsp3) is 0. The Balaban J connectivity index is 2.62. The number of carbonyl (C=O) groups is 1. The van der Waals surface area contributed by atoms with E-state index < -0.39 is 0 Å². The van der Waals surface area contributed by atoms with Crippen molar-refractivity contribution in [3.63, 3.8) is 0 Å². The first-order valence-corrected chi connectivity index (χ1v) is 4.46. The van der Waals surface area contributed by atoms with Gasteiger partial charge < -0.3 is 5.32 Å². The molecule has 60 valence electrons. The second kappa shape index (κ2) is 2.95. The SMILES string of the molecule is O=CNc1csc2ccccc12. The highest BCUT2D eigenvalue weighted by Gasteiger charge is 2.00. The molecule has 0 aliphatic carbocycles. The van der Waals surface area contributed by atoms with Crippen LogP contribution >= 0.6 is 11.3 Å². The highest BCUT2D eigenvalue weighted by Crippen LogP contribution is 2.29. The number of rotatable bonds is 2. The number of amides is 1. The van der Waals surface area contributed by atoms with E-state index in [1.54, 1.807) is 11.3 Å². The van der Waals surface area contributed by atoms with Crippen LogP contribution in [0.1, 0.15) is 0 Å². The van der Waals surface area contributed by atoms with E-state index in [4.69, 9.17) is 0 Å². The fourth-order valence-electron chi connectivity index (χ4n) is 1.15. The molecule has 0 radical (unpaired) electrons. The Morgan fingerprint density at radius 2 is 2.17 bits per heavy atom. The van der Waals surface area contributed by atoms with Crippen LogP contribution in [0.25, 0.3) is 10.1 Å². The van der Waals surface area contributed by atoms with Crippen LogP contribution in [0.15, 0.2) is 29.6 Å². The average Bonchev–Trinajstić information content (AvgIpc) is 2.50. The monoisotopic (exact) mass is 177 g/mol. The summed E-state index contributed by atoms with van der Waals surface area (Å²) in [7, 11) is 0. The van der Waals surface area contributed by atoms with Crippen molar-refractivity contribution in [1.29, 1.82) is 0 Å². The van der Waals surface area contributed by atoms with Gasteiger partial charge in [0.05, 0.1) is 5.69 Å². The summed E-state index contributed by atoms with van der Waals surface area (Å²) in [5, 5.41) is 5.71. The Kier molecular flexibility index (Phi) is 1.80. The fourth-order valence-corrected chi connectivity index (χ4v) is 2.05. The molecule has 0 spiro atoms. The largest absolute Gasteiger partial charge is 0.327 e. The summed E-state index contributed by atoms with van der Waals surface area (Å²) in [5.74, 6) is 0. The van der Waals surface area contributed by atoms with E-state index in [1.807, 2.05) is 29.6 Å². The van der Waals surface area contributed by atoms with Crippen molar-refractivity contribution < 1.29 is 4.79 Å². The van der Waals surface area contributed by atoms with Crippen molar-refractivity contribution in [3.8, 4) is 0 Å². The number of hydrogen-bond acceptors (Lipinski definition) is 2. The van der Waals surface area contributed by atoms with Gasteiger partial charge in [0.1, 0.15) is 0 Å². The molecule has 1 N–H and O–H groups in total. The second-order valence-corrected chi connectivity index (χ2v) is 3.32. The number of fused-ring (bicyclic) bond motifs is 1. The lowest BCUT2D eigenvalue weighted by molar-refractivity contribution is -0.105. The molecule has 2 rings (SSSR count). The van der Waals surface area contributed by atoms with Crippen LogP contribution in [0.4, 0.5) is 5.69 Å². The lowest BCUT2D eigenvalue weighted by Gasteiger charge is -1.93. The van der Waals surface area contributed by atoms with E-state index in [0.29, 0.717) is 6.41 Å². The number of thiophene rings is 1. The Morgan fingerprint density at radius 3 is 3.00 bits per heavy atom.